The van der Waals surface area contributed by atoms with E-state index in [1.807, 2.05) is 44.4 Å². The van der Waals surface area contributed by atoms with E-state index in [4.69, 9.17) is 9.15 Å². The number of amides is 1. The maximum Gasteiger partial charge on any atom is 0.291 e. The number of likely N-dealkylation sites (N-methyl/N-ethyl adjacent to an activating group) is 1. The summed E-state index contributed by atoms with van der Waals surface area (Å²) < 4.78 is 11.2. The first kappa shape index (κ1) is 18.3. The van der Waals surface area contributed by atoms with E-state index in [1.165, 1.54) is 4.90 Å². The molecule has 4 rings (SSSR count). The number of benzene rings is 2. The van der Waals surface area contributed by atoms with Gasteiger partial charge in [0, 0.05) is 6.07 Å². The minimum Gasteiger partial charge on any atom is -0.497 e. The standard InChI is InChI=1S/C22H22N2O4/c1-23(2)11-12-24-19(14-7-5-4-6-8-14)18-20(25)16-10-9-15(27-3)13-17(16)28-21(18)22(24)26/h4-10,13,19H,11-12H2,1-3H3/p+1/t19-/m1/s1. The average molecular weight is 379 g/mol. The van der Waals surface area contributed by atoms with Gasteiger partial charge in [-0.3, -0.25) is 9.59 Å². The van der Waals surface area contributed by atoms with Crippen LogP contribution in [0.25, 0.3) is 11.0 Å². The first-order valence-corrected chi connectivity index (χ1v) is 9.31. The topological polar surface area (TPSA) is 64.2 Å². The Morgan fingerprint density at radius 1 is 1.11 bits per heavy atom. The molecule has 3 aromatic rings. The number of quaternary nitrogens is 1. The molecule has 1 N–H and O–H groups in total. The van der Waals surface area contributed by atoms with Crippen molar-refractivity contribution in [1.29, 1.82) is 0 Å². The summed E-state index contributed by atoms with van der Waals surface area (Å²) in [5.74, 6) is 0.467. The average Bonchev–Trinajstić information content (AvgIpc) is 2.99. The van der Waals surface area contributed by atoms with E-state index in [1.54, 1.807) is 30.2 Å². The summed E-state index contributed by atoms with van der Waals surface area (Å²) in [6.07, 6.45) is 0. The number of nitrogens with one attached hydrogen (secondary N) is 1. The fourth-order valence-electron chi connectivity index (χ4n) is 3.68. The van der Waals surface area contributed by atoms with Crippen LogP contribution in [0.15, 0.2) is 57.7 Å². The van der Waals surface area contributed by atoms with Gasteiger partial charge in [-0.15, -0.1) is 0 Å². The van der Waals surface area contributed by atoms with Crippen molar-refractivity contribution in [3.05, 3.63) is 75.6 Å². The van der Waals surface area contributed by atoms with Crippen LogP contribution < -0.4 is 15.1 Å². The van der Waals surface area contributed by atoms with Gasteiger partial charge in [-0.05, 0) is 17.7 Å². The quantitative estimate of drug-likeness (QED) is 0.730. The van der Waals surface area contributed by atoms with E-state index in [2.05, 4.69) is 0 Å². The molecular formula is C22H23N2O4+. The molecule has 1 aromatic heterocycles. The van der Waals surface area contributed by atoms with Crippen LogP contribution in [0.5, 0.6) is 5.75 Å². The van der Waals surface area contributed by atoms with Crippen LogP contribution in [0.1, 0.15) is 27.7 Å². The molecule has 6 nitrogen and oxygen atoms in total. The molecule has 1 aliphatic rings. The Hall–Kier alpha value is -3.12. The first-order valence-electron chi connectivity index (χ1n) is 9.31. The third-order valence-electron chi connectivity index (χ3n) is 5.14. The Morgan fingerprint density at radius 2 is 1.86 bits per heavy atom. The fraction of sp³-hybridized carbons (Fsp3) is 0.273. The van der Waals surface area contributed by atoms with Crippen molar-refractivity contribution >= 4 is 16.9 Å². The second-order valence-corrected chi connectivity index (χ2v) is 7.30. The highest BCUT2D eigenvalue weighted by Gasteiger charge is 2.42. The van der Waals surface area contributed by atoms with Crippen LogP contribution in [0.3, 0.4) is 0 Å². The number of ether oxygens (including phenoxy) is 1. The molecule has 144 valence electrons. The van der Waals surface area contributed by atoms with E-state index in [0.717, 1.165) is 12.1 Å². The number of rotatable bonds is 5. The summed E-state index contributed by atoms with van der Waals surface area (Å²) in [6, 6.07) is 14.3. The Kier molecular flexibility index (Phi) is 4.65. The van der Waals surface area contributed by atoms with Crippen LogP contribution in [0.2, 0.25) is 0 Å². The van der Waals surface area contributed by atoms with Crippen molar-refractivity contribution in [2.45, 2.75) is 6.04 Å². The van der Waals surface area contributed by atoms with E-state index in [9.17, 15) is 9.59 Å². The lowest BCUT2D eigenvalue weighted by molar-refractivity contribution is -0.857. The van der Waals surface area contributed by atoms with Crippen LogP contribution in [0, 0.1) is 0 Å². The number of methoxy groups -OCH3 is 1. The second-order valence-electron chi connectivity index (χ2n) is 7.30. The van der Waals surface area contributed by atoms with Crippen molar-refractivity contribution in [1.82, 2.24) is 4.90 Å². The molecule has 0 radical (unpaired) electrons. The van der Waals surface area contributed by atoms with Crippen LogP contribution in [-0.4, -0.2) is 45.1 Å². The second kappa shape index (κ2) is 7.13. The molecule has 0 spiro atoms. The number of fused-ring (bicyclic) bond motifs is 2. The lowest BCUT2D eigenvalue weighted by Crippen LogP contribution is -3.06. The van der Waals surface area contributed by atoms with E-state index in [-0.39, 0.29) is 17.1 Å². The van der Waals surface area contributed by atoms with Crippen molar-refractivity contribution in [2.75, 3.05) is 34.3 Å². The molecule has 0 fully saturated rings. The Morgan fingerprint density at radius 3 is 2.54 bits per heavy atom. The molecule has 28 heavy (non-hydrogen) atoms. The van der Waals surface area contributed by atoms with Gasteiger partial charge >= 0.3 is 0 Å². The molecule has 1 aliphatic heterocycles. The molecule has 0 bridgehead atoms. The van der Waals surface area contributed by atoms with Gasteiger partial charge in [-0.2, -0.15) is 0 Å². The number of hydrogen-bond donors (Lipinski definition) is 1. The highest BCUT2D eigenvalue weighted by molar-refractivity contribution is 5.99. The zero-order valence-electron chi connectivity index (χ0n) is 16.2. The van der Waals surface area contributed by atoms with E-state index < -0.39 is 6.04 Å². The molecular weight excluding hydrogens is 356 g/mol. The highest BCUT2D eigenvalue weighted by atomic mass is 16.5. The summed E-state index contributed by atoms with van der Waals surface area (Å²) in [5, 5.41) is 0.452. The van der Waals surface area contributed by atoms with Gasteiger partial charge in [-0.1, -0.05) is 30.3 Å². The van der Waals surface area contributed by atoms with Crippen LogP contribution in [0.4, 0.5) is 0 Å². The Bertz CT molecular complexity index is 1090. The van der Waals surface area contributed by atoms with Gasteiger partial charge in [0.1, 0.15) is 11.3 Å². The van der Waals surface area contributed by atoms with Gasteiger partial charge in [0.2, 0.25) is 5.76 Å². The first-order chi connectivity index (χ1) is 13.5. The molecule has 0 unspecified atom stereocenters. The normalized spacial score (nSPS) is 16.1. The molecule has 0 saturated carbocycles. The zero-order chi connectivity index (χ0) is 19.8. The maximum atomic E-state index is 13.3. The monoisotopic (exact) mass is 379 g/mol. The molecule has 6 heteroatoms. The smallest absolute Gasteiger partial charge is 0.291 e. The van der Waals surface area contributed by atoms with Crippen LogP contribution in [-0.2, 0) is 0 Å². The summed E-state index contributed by atoms with van der Waals surface area (Å²) in [4.78, 5) is 29.5. The van der Waals surface area contributed by atoms with Crippen molar-refractivity contribution in [2.24, 2.45) is 0 Å². The number of carbonyl (C=O) groups excluding carboxylic acids is 1. The Labute approximate surface area is 162 Å². The number of carbonyl (C=O) groups is 1. The molecule has 0 saturated heterocycles. The van der Waals surface area contributed by atoms with Gasteiger partial charge in [0.05, 0.1) is 51.3 Å². The predicted molar refractivity (Wildman–Crippen MR) is 106 cm³/mol. The predicted octanol–water partition coefficient (Wildman–Crippen LogP) is 1.49. The third-order valence-corrected chi connectivity index (χ3v) is 5.14. The molecule has 2 heterocycles. The highest BCUT2D eigenvalue weighted by Crippen LogP contribution is 2.38. The van der Waals surface area contributed by atoms with E-state index in [0.29, 0.717) is 28.8 Å². The van der Waals surface area contributed by atoms with Gasteiger partial charge in [-0.25, -0.2) is 0 Å². The lowest BCUT2D eigenvalue weighted by Gasteiger charge is -2.25. The van der Waals surface area contributed by atoms with Gasteiger partial charge in [0.15, 0.2) is 5.43 Å². The molecule has 1 amide bonds. The van der Waals surface area contributed by atoms with Gasteiger partial charge < -0.3 is 19.0 Å². The Balaban J connectivity index is 1.93. The fourth-order valence-corrected chi connectivity index (χ4v) is 3.68. The van der Waals surface area contributed by atoms with E-state index >= 15 is 0 Å². The molecule has 1 atom stereocenters. The number of nitrogens with zero attached hydrogens (tertiary/aromatic N) is 1. The van der Waals surface area contributed by atoms with Crippen LogP contribution >= 0.6 is 0 Å². The summed E-state index contributed by atoms with van der Waals surface area (Å²) in [7, 11) is 5.62. The summed E-state index contributed by atoms with van der Waals surface area (Å²) in [6.45, 7) is 1.30. The zero-order valence-corrected chi connectivity index (χ0v) is 16.2. The maximum absolute atomic E-state index is 13.3. The van der Waals surface area contributed by atoms with Crippen molar-refractivity contribution in [3.63, 3.8) is 0 Å². The summed E-state index contributed by atoms with van der Waals surface area (Å²) in [5.41, 5.74) is 1.52. The minimum absolute atomic E-state index is 0.133. The van der Waals surface area contributed by atoms with Crippen molar-refractivity contribution < 1.29 is 18.8 Å². The summed E-state index contributed by atoms with van der Waals surface area (Å²) >= 11 is 0. The van der Waals surface area contributed by atoms with Gasteiger partial charge in [0.25, 0.3) is 5.91 Å². The third kappa shape index (κ3) is 2.96. The van der Waals surface area contributed by atoms with Crippen molar-refractivity contribution in [3.8, 4) is 5.75 Å². The lowest BCUT2D eigenvalue weighted by atomic mass is 9.98. The molecule has 2 aromatic carbocycles. The minimum atomic E-state index is -0.439. The largest absolute Gasteiger partial charge is 0.497 e. The number of hydrogen-bond acceptors (Lipinski definition) is 4. The molecule has 0 aliphatic carbocycles. The SMILES string of the molecule is COc1ccc2c(=O)c3c(oc2c1)C(=O)N(CC[NH+](C)C)[C@@H]3c1ccccc1.